The van der Waals surface area contributed by atoms with Crippen molar-refractivity contribution in [2.24, 2.45) is 0 Å². The summed E-state index contributed by atoms with van der Waals surface area (Å²) in [7, 11) is -3.70. The third-order valence-electron chi connectivity index (χ3n) is 3.34. The SMILES string of the molecule is Cc1ccc(S(=O)(=O)OCc2ccc(C(C)C)cc2)cc1. The van der Waals surface area contributed by atoms with Crippen LogP contribution in [-0.4, -0.2) is 8.42 Å². The summed E-state index contributed by atoms with van der Waals surface area (Å²) in [5, 5.41) is 0. The van der Waals surface area contributed by atoms with Crippen LogP contribution in [0.25, 0.3) is 0 Å². The lowest BCUT2D eigenvalue weighted by Crippen LogP contribution is -2.06. The molecule has 0 spiro atoms. The number of benzene rings is 2. The third-order valence-corrected chi connectivity index (χ3v) is 4.61. The van der Waals surface area contributed by atoms with Crippen molar-refractivity contribution in [2.75, 3.05) is 0 Å². The Bertz CT molecular complexity index is 684. The van der Waals surface area contributed by atoms with Crippen LogP contribution < -0.4 is 0 Å². The third kappa shape index (κ3) is 4.16. The van der Waals surface area contributed by atoms with Gasteiger partial charge in [0, 0.05) is 0 Å². The molecular weight excluding hydrogens is 284 g/mol. The highest BCUT2D eigenvalue weighted by atomic mass is 32.2. The number of rotatable bonds is 5. The summed E-state index contributed by atoms with van der Waals surface area (Å²) >= 11 is 0. The van der Waals surface area contributed by atoms with Gasteiger partial charge >= 0.3 is 0 Å². The zero-order chi connectivity index (χ0) is 15.5. The summed E-state index contributed by atoms with van der Waals surface area (Å²) < 4.78 is 29.3. The van der Waals surface area contributed by atoms with Crippen LogP contribution in [0.5, 0.6) is 0 Å². The average molecular weight is 304 g/mol. The lowest BCUT2D eigenvalue weighted by molar-refractivity contribution is 0.308. The Hall–Kier alpha value is -1.65. The molecule has 0 N–H and O–H groups in total. The van der Waals surface area contributed by atoms with Crippen molar-refractivity contribution in [1.29, 1.82) is 0 Å². The number of hydrogen-bond acceptors (Lipinski definition) is 3. The lowest BCUT2D eigenvalue weighted by Gasteiger charge is -2.08. The molecule has 0 aromatic heterocycles. The first-order valence-electron chi connectivity index (χ1n) is 6.93. The largest absolute Gasteiger partial charge is 0.297 e. The fraction of sp³-hybridized carbons (Fsp3) is 0.294. The van der Waals surface area contributed by atoms with Gasteiger partial charge in [-0.3, -0.25) is 4.18 Å². The lowest BCUT2D eigenvalue weighted by atomic mass is 10.0. The summed E-state index contributed by atoms with van der Waals surface area (Å²) in [5.74, 6) is 0.455. The summed E-state index contributed by atoms with van der Waals surface area (Å²) in [4.78, 5) is 0.187. The normalized spacial score (nSPS) is 11.8. The Kier molecular flexibility index (Phi) is 4.80. The highest BCUT2D eigenvalue weighted by Crippen LogP contribution is 2.18. The van der Waals surface area contributed by atoms with E-state index in [2.05, 4.69) is 13.8 Å². The van der Waals surface area contributed by atoms with Crippen LogP contribution >= 0.6 is 0 Å². The van der Waals surface area contributed by atoms with Crippen LogP contribution in [0.3, 0.4) is 0 Å². The van der Waals surface area contributed by atoms with Gasteiger partial charge in [0.2, 0.25) is 0 Å². The second-order valence-corrected chi connectivity index (χ2v) is 7.04. The van der Waals surface area contributed by atoms with Gasteiger partial charge in [-0.15, -0.1) is 0 Å². The maximum absolute atomic E-state index is 12.1. The summed E-state index contributed by atoms with van der Waals surface area (Å²) in [5.41, 5.74) is 3.08. The van der Waals surface area contributed by atoms with Crippen LogP contribution in [0.2, 0.25) is 0 Å². The van der Waals surface area contributed by atoms with E-state index < -0.39 is 10.1 Å². The van der Waals surface area contributed by atoms with Crippen molar-refractivity contribution in [1.82, 2.24) is 0 Å². The number of aryl methyl sites for hydroxylation is 1. The Morgan fingerprint density at radius 3 is 2.05 bits per heavy atom. The predicted molar refractivity (Wildman–Crippen MR) is 83.7 cm³/mol. The molecule has 0 aliphatic heterocycles. The molecule has 0 atom stereocenters. The van der Waals surface area contributed by atoms with E-state index in [4.69, 9.17) is 4.18 Å². The van der Waals surface area contributed by atoms with E-state index in [1.807, 2.05) is 31.2 Å². The minimum Gasteiger partial charge on any atom is -0.262 e. The molecule has 0 radical (unpaired) electrons. The monoisotopic (exact) mass is 304 g/mol. The van der Waals surface area contributed by atoms with Crippen molar-refractivity contribution in [2.45, 2.75) is 38.2 Å². The molecule has 0 bridgehead atoms. The van der Waals surface area contributed by atoms with E-state index in [9.17, 15) is 8.42 Å². The van der Waals surface area contributed by atoms with E-state index in [-0.39, 0.29) is 11.5 Å². The van der Waals surface area contributed by atoms with Crippen molar-refractivity contribution in [3.05, 3.63) is 65.2 Å². The van der Waals surface area contributed by atoms with Crippen LogP contribution in [-0.2, 0) is 20.9 Å². The van der Waals surface area contributed by atoms with Crippen LogP contribution in [0, 0.1) is 6.92 Å². The molecule has 112 valence electrons. The summed E-state index contributed by atoms with van der Waals surface area (Å²) in [6.07, 6.45) is 0. The van der Waals surface area contributed by atoms with Gasteiger partial charge in [0.25, 0.3) is 10.1 Å². The standard InChI is InChI=1S/C17H20O3S/c1-13(2)16-8-6-15(7-9-16)12-20-21(18,19)17-10-4-14(3)5-11-17/h4-11,13H,12H2,1-3H3. The maximum Gasteiger partial charge on any atom is 0.297 e. The molecular formula is C17H20O3S. The van der Waals surface area contributed by atoms with Gasteiger partial charge in [-0.25, -0.2) is 0 Å². The maximum atomic E-state index is 12.1. The average Bonchev–Trinajstić information content (AvgIpc) is 2.46. The zero-order valence-electron chi connectivity index (χ0n) is 12.5. The van der Waals surface area contributed by atoms with Gasteiger partial charge in [-0.05, 0) is 36.1 Å². The van der Waals surface area contributed by atoms with Gasteiger partial charge in [-0.1, -0.05) is 55.8 Å². The minimum absolute atomic E-state index is 0.0502. The van der Waals surface area contributed by atoms with E-state index in [1.165, 1.54) is 5.56 Å². The molecule has 0 aliphatic carbocycles. The highest BCUT2D eigenvalue weighted by Gasteiger charge is 2.14. The first-order chi connectivity index (χ1) is 9.88. The highest BCUT2D eigenvalue weighted by molar-refractivity contribution is 7.86. The summed E-state index contributed by atoms with van der Waals surface area (Å²) in [6, 6.07) is 14.4. The second kappa shape index (κ2) is 6.41. The van der Waals surface area contributed by atoms with Gasteiger partial charge in [-0.2, -0.15) is 8.42 Å². The molecule has 2 rings (SSSR count). The van der Waals surface area contributed by atoms with E-state index in [1.54, 1.807) is 24.3 Å². The Morgan fingerprint density at radius 2 is 1.52 bits per heavy atom. The molecule has 0 fully saturated rings. The predicted octanol–water partition coefficient (Wildman–Crippen LogP) is 4.02. The molecule has 0 amide bonds. The van der Waals surface area contributed by atoms with Crippen molar-refractivity contribution >= 4 is 10.1 Å². The first kappa shape index (κ1) is 15.7. The molecule has 4 heteroatoms. The molecule has 0 unspecified atom stereocenters. The van der Waals surface area contributed by atoms with Gasteiger partial charge in [0.1, 0.15) is 0 Å². The second-order valence-electron chi connectivity index (χ2n) is 5.43. The van der Waals surface area contributed by atoms with Crippen LogP contribution in [0.1, 0.15) is 36.5 Å². The zero-order valence-corrected chi connectivity index (χ0v) is 13.4. The Balaban J connectivity index is 2.06. The van der Waals surface area contributed by atoms with Crippen molar-refractivity contribution in [3.63, 3.8) is 0 Å². The quantitative estimate of drug-likeness (QED) is 0.783. The van der Waals surface area contributed by atoms with Crippen LogP contribution in [0.4, 0.5) is 0 Å². The van der Waals surface area contributed by atoms with Crippen molar-refractivity contribution < 1.29 is 12.6 Å². The van der Waals surface area contributed by atoms with Gasteiger partial charge in [0.05, 0.1) is 11.5 Å². The molecule has 0 aliphatic rings. The minimum atomic E-state index is -3.70. The first-order valence-corrected chi connectivity index (χ1v) is 8.34. The molecule has 0 saturated heterocycles. The summed E-state index contributed by atoms with van der Waals surface area (Å²) in [6.45, 7) is 6.20. The van der Waals surface area contributed by atoms with E-state index >= 15 is 0 Å². The van der Waals surface area contributed by atoms with Crippen molar-refractivity contribution in [3.8, 4) is 0 Å². The smallest absolute Gasteiger partial charge is 0.262 e. The van der Waals surface area contributed by atoms with Gasteiger partial charge < -0.3 is 0 Å². The van der Waals surface area contributed by atoms with E-state index in [0.29, 0.717) is 5.92 Å². The molecule has 2 aromatic rings. The molecule has 2 aromatic carbocycles. The van der Waals surface area contributed by atoms with E-state index in [0.717, 1.165) is 11.1 Å². The number of hydrogen-bond donors (Lipinski definition) is 0. The van der Waals surface area contributed by atoms with Crippen LogP contribution in [0.15, 0.2) is 53.4 Å². The molecule has 0 saturated carbocycles. The topological polar surface area (TPSA) is 43.4 Å². The van der Waals surface area contributed by atoms with Gasteiger partial charge in [0.15, 0.2) is 0 Å². The Labute approximate surface area is 126 Å². The molecule has 0 heterocycles. The fourth-order valence-electron chi connectivity index (χ4n) is 1.92. The molecule has 3 nitrogen and oxygen atoms in total. The fourth-order valence-corrected chi connectivity index (χ4v) is 2.81. The molecule has 21 heavy (non-hydrogen) atoms. The Morgan fingerprint density at radius 1 is 0.952 bits per heavy atom.